The van der Waals surface area contributed by atoms with Crippen molar-refractivity contribution in [3.8, 4) is 0 Å². The van der Waals surface area contributed by atoms with Gasteiger partial charge in [0.1, 0.15) is 6.10 Å². The van der Waals surface area contributed by atoms with E-state index in [1.165, 1.54) is 24.3 Å². The summed E-state index contributed by atoms with van der Waals surface area (Å²) in [7, 11) is -7.69. The third kappa shape index (κ3) is 8.29. The highest BCUT2D eigenvalue weighted by atomic mass is 79.9. The lowest BCUT2D eigenvalue weighted by molar-refractivity contribution is -0.0576. The minimum atomic E-state index is -3.92. The first-order chi connectivity index (χ1) is 19.6. The third-order valence-electron chi connectivity index (χ3n) is 6.83. The zero-order valence-corrected chi connectivity index (χ0v) is 29.6. The predicted octanol–water partition coefficient (Wildman–Crippen LogP) is 5.51. The number of benzene rings is 2. The fraction of sp³-hybridized carbons (Fsp3) is 0.538. The summed E-state index contributed by atoms with van der Waals surface area (Å²) in [4.78, 5) is 11.1. The molecule has 7 atom stereocenters. The summed E-state index contributed by atoms with van der Waals surface area (Å²) < 4.78 is 83.4. The molecular formula is C26H33Br2O10PS3. The molecule has 2 heterocycles. The Kier molecular flexibility index (Phi) is 11.5. The van der Waals surface area contributed by atoms with E-state index in [1.54, 1.807) is 24.3 Å². The number of halogens is 2. The lowest BCUT2D eigenvalue weighted by Gasteiger charge is -2.26. The van der Waals surface area contributed by atoms with Crippen molar-refractivity contribution in [2.24, 2.45) is 0 Å². The standard InChI is InChI=1S/C26H33Br2O10PS3/c1-4-21-23(14-26(36-21)42(32,33)20-11-7-18(28)8-12-20)38-39(29,40)34-15-24-22(35-16(2)3)13-25(37-24)41(30,31)19-9-5-17(27)6-10-19/h5-12,16,21-26H,4,13-15H2,1-3H3,(H,29,40)/t21-,22?,23?,24-,25+,26+,39?/m1/s1. The Balaban J connectivity index is 1.42. The highest BCUT2D eigenvalue weighted by molar-refractivity contribution is 9.10. The molecule has 2 saturated heterocycles. The fourth-order valence-electron chi connectivity index (χ4n) is 4.79. The van der Waals surface area contributed by atoms with Crippen molar-refractivity contribution in [3.63, 3.8) is 0 Å². The third-order valence-corrected chi connectivity index (χ3v) is 13.3. The highest BCUT2D eigenvalue weighted by Gasteiger charge is 2.47. The van der Waals surface area contributed by atoms with Gasteiger partial charge in [-0.25, -0.2) is 16.8 Å². The van der Waals surface area contributed by atoms with E-state index in [9.17, 15) is 21.7 Å². The van der Waals surface area contributed by atoms with Crippen molar-refractivity contribution in [3.05, 3.63) is 57.5 Å². The summed E-state index contributed by atoms with van der Waals surface area (Å²) in [6.07, 6.45) is -2.78. The van der Waals surface area contributed by atoms with Gasteiger partial charge in [-0.3, -0.25) is 0 Å². The predicted molar refractivity (Wildman–Crippen MR) is 167 cm³/mol. The van der Waals surface area contributed by atoms with Gasteiger partial charge in [-0.2, -0.15) is 0 Å². The van der Waals surface area contributed by atoms with Gasteiger partial charge in [0, 0.05) is 21.8 Å². The normalized spacial score (nSPS) is 28.3. The van der Waals surface area contributed by atoms with Crippen LogP contribution < -0.4 is 0 Å². The molecule has 2 fully saturated rings. The molecule has 4 rings (SSSR count). The van der Waals surface area contributed by atoms with E-state index in [2.05, 4.69) is 31.9 Å². The Hall–Kier alpha value is -0.290. The molecule has 42 heavy (non-hydrogen) atoms. The molecule has 2 aromatic carbocycles. The Morgan fingerprint density at radius 1 is 0.881 bits per heavy atom. The Labute approximate surface area is 268 Å². The van der Waals surface area contributed by atoms with Crippen LogP contribution in [0.3, 0.4) is 0 Å². The molecule has 2 aliphatic rings. The molecule has 0 spiro atoms. The van der Waals surface area contributed by atoms with Crippen molar-refractivity contribution in [2.75, 3.05) is 6.61 Å². The number of ether oxygens (including phenoxy) is 3. The molecule has 2 aliphatic heterocycles. The summed E-state index contributed by atoms with van der Waals surface area (Å²) in [5.41, 5.74) is -2.37. The van der Waals surface area contributed by atoms with Crippen molar-refractivity contribution in [1.82, 2.24) is 0 Å². The molecule has 1 N–H and O–H groups in total. The maximum absolute atomic E-state index is 13.3. The molecule has 0 aromatic heterocycles. The van der Waals surface area contributed by atoms with Crippen LogP contribution in [0.4, 0.5) is 0 Å². The summed E-state index contributed by atoms with van der Waals surface area (Å²) >= 11 is 11.9. The van der Waals surface area contributed by atoms with E-state index < -0.39 is 61.7 Å². The lowest BCUT2D eigenvalue weighted by atomic mass is 10.1. The van der Waals surface area contributed by atoms with Gasteiger partial charge in [-0.1, -0.05) is 38.8 Å². The van der Waals surface area contributed by atoms with Crippen LogP contribution in [-0.2, 0) is 54.7 Å². The Morgan fingerprint density at radius 2 is 1.33 bits per heavy atom. The van der Waals surface area contributed by atoms with Gasteiger partial charge in [-0.05, 0) is 80.6 Å². The van der Waals surface area contributed by atoms with Crippen LogP contribution in [0.5, 0.6) is 0 Å². The zero-order valence-electron chi connectivity index (χ0n) is 23.0. The maximum Gasteiger partial charge on any atom is 0.324 e. The highest BCUT2D eigenvalue weighted by Crippen LogP contribution is 2.49. The summed E-state index contributed by atoms with van der Waals surface area (Å²) in [6.45, 7) is 1.23. The second-order valence-corrected chi connectivity index (χ2v) is 19.0. The first kappa shape index (κ1) is 34.6. The molecular weight excluding hydrogens is 759 g/mol. The molecule has 10 nitrogen and oxygen atoms in total. The second-order valence-electron chi connectivity index (χ2n) is 10.2. The smallest absolute Gasteiger partial charge is 0.324 e. The molecule has 16 heteroatoms. The van der Waals surface area contributed by atoms with E-state index >= 15 is 0 Å². The van der Waals surface area contributed by atoms with Crippen molar-refractivity contribution in [1.29, 1.82) is 0 Å². The Bertz CT molecular complexity index is 1490. The average Bonchev–Trinajstić information content (AvgIpc) is 3.52. The van der Waals surface area contributed by atoms with Gasteiger partial charge in [0.05, 0.1) is 40.8 Å². The van der Waals surface area contributed by atoms with E-state index in [0.717, 1.165) is 8.95 Å². The number of rotatable bonds is 12. The van der Waals surface area contributed by atoms with E-state index in [-0.39, 0.29) is 35.3 Å². The van der Waals surface area contributed by atoms with Gasteiger partial charge in [-0.15, -0.1) is 0 Å². The molecule has 3 unspecified atom stereocenters. The summed E-state index contributed by atoms with van der Waals surface area (Å²) in [6, 6.07) is 12.5. The molecule has 0 bridgehead atoms. The minimum absolute atomic E-state index is 0.0499. The quantitative estimate of drug-likeness (QED) is 0.273. The minimum Gasteiger partial charge on any atom is -0.373 e. The van der Waals surface area contributed by atoms with Gasteiger partial charge in [0.15, 0.2) is 10.9 Å². The first-order valence-corrected chi connectivity index (χ1v) is 20.5. The van der Waals surface area contributed by atoms with Crippen LogP contribution in [0, 0.1) is 0 Å². The monoisotopic (exact) mass is 790 g/mol. The van der Waals surface area contributed by atoms with Crippen molar-refractivity contribution < 1.29 is 45.0 Å². The zero-order chi connectivity index (χ0) is 30.9. The summed E-state index contributed by atoms with van der Waals surface area (Å²) in [5, 5.41) is 0. The lowest BCUT2D eigenvalue weighted by Crippen LogP contribution is -2.31. The molecule has 0 radical (unpaired) electrons. The molecule has 234 valence electrons. The van der Waals surface area contributed by atoms with Gasteiger partial charge >= 0.3 is 6.72 Å². The fourth-order valence-corrected chi connectivity index (χ4v) is 9.89. The second kappa shape index (κ2) is 14.0. The summed E-state index contributed by atoms with van der Waals surface area (Å²) in [5.74, 6) is 0. The van der Waals surface area contributed by atoms with E-state index in [0.29, 0.717) is 6.42 Å². The van der Waals surface area contributed by atoms with Crippen LogP contribution in [0.1, 0.15) is 40.0 Å². The van der Waals surface area contributed by atoms with E-state index in [1.807, 2.05) is 20.8 Å². The van der Waals surface area contributed by atoms with Crippen LogP contribution >= 0.6 is 38.6 Å². The number of sulfone groups is 2. The Morgan fingerprint density at radius 3 is 1.79 bits per heavy atom. The van der Waals surface area contributed by atoms with Crippen LogP contribution in [0.25, 0.3) is 0 Å². The number of hydrogen-bond acceptors (Lipinski definition) is 10. The van der Waals surface area contributed by atoms with Crippen LogP contribution in [0.2, 0.25) is 0 Å². The van der Waals surface area contributed by atoms with Crippen LogP contribution in [-0.4, -0.2) is 69.7 Å². The van der Waals surface area contributed by atoms with Crippen LogP contribution in [0.15, 0.2) is 67.3 Å². The van der Waals surface area contributed by atoms with Crippen molar-refractivity contribution in [2.45, 2.75) is 91.2 Å². The molecule has 0 saturated carbocycles. The maximum atomic E-state index is 13.3. The average molecular weight is 793 g/mol. The largest absolute Gasteiger partial charge is 0.373 e. The SMILES string of the molecule is CC[C@H]1O[C@@H](S(=O)(=O)c2ccc(Br)cc2)CC1OP(O)(=S)OC[C@H]1O[C@@H](S(=O)(=O)c2ccc(Br)cc2)CC1OC(C)C. The van der Waals surface area contributed by atoms with Gasteiger partial charge in [0.2, 0.25) is 19.7 Å². The first-order valence-electron chi connectivity index (χ1n) is 13.2. The van der Waals surface area contributed by atoms with Gasteiger partial charge in [0.25, 0.3) is 0 Å². The van der Waals surface area contributed by atoms with Gasteiger partial charge < -0.3 is 28.2 Å². The van der Waals surface area contributed by atoms with Crippen molar-refractivity contribution >= 4 is 70.1 Å². The molecule has 0 amide bonds. The van der Waals surface area contributed by atoms with E-state index in [4.69, 9.17) is 35.1 Å². The number of hydrogen-bond donors (Lipinski definition) is 1. The molecule has 2 aromatic rings. The molecule has 0 aliphatic carbocycles. The topological polar surface area (TPSA) is 135 Å².